The molecular formula is C19H17ClFN3O3S. The predicted molar refractivity (Wildman–Crippen MR) is 108 cm³/mol. The first-order chi connectivity index (χ1) is 13.5. The van der Waals surface area contributed by atoms with Gasteiger partial charge in [0.25, 0.3) is 5.91 Å². The molecule has 2 amide bonds. The molecule has 0 radical (unpaired) electrons. The molecule has 2 aromatic carbocycles. The molecule has 0 unspecified atom stereocenters. The van der Waals surface area contributed by atoms with Crippen molar-refractivity contribution in [2.45, 2.75) is 13.3 Å². The van der Waals surface area contributed by atoms with Crippen LogP contribution in [-0.2, 0) is 4.79 Å². The molecule has 1 heterocycles. The van der Waals surface area contributed by atoms with Crippen molar-refractivity contribution in [3.8, 4) is 5.75 Å². The highest BCUT2D eigenvalue weighted by Crippen LogP contribution is 2.29. The lowest BCUT2D eigenvalue weighted by molar-refractivity contribution is -0.116. The van der Waals surface area contributed by atoms with Crippen molar-refractivity contribution in [3.63, 3.8) is 0 Å². The number of ether oxygens (including phenoxy) is 1. The van der Waals surface area contributed by atoms with Crippen molar-refractivity contribution in [2.75, 3.05) is 18.5 Å². The lowest BCUT2D eigenvalue weighted by atomic mass is 10.2. The van der Waals surface area contributed by atoms with Crippen molar-refractivity contribution in [2.24, 2.45) is 0 Å². The third kappa shape index (κ3) is 4.96. The number of hydrogen-bond donors (Lipinski definition) is 2. The SMILES string of the molecule is CCOc1ccc2nc(NC(=O)CCNC(=O)c3ccc(F)cc3Cl)sc2c1. The highest BCUT2D eigenvalue weighted by Gasteiger charge is 2.12. The molecule has 0 aliphatic carbocycles. The number of anilines is 1. The molecule has 2 N–H and O–H groups in total. The Hall–Kier alpha value is -2.71. The monoisotopic (exact) mass is 421 g/mol. The standard InChI is InChI=1S/C19H17ClFN3O3S/c1-2-27-12-4-6-15-16(10-12)28-19(23-15)24-17(25)7-8-22-18(26)13-5-3-11(21)9-14(13)20/h3-6,9-10H,2,7-8H2,1H3,(H,22,26)(H,23,24,25). The van der Waals surface area contributed by atoms with Gasteiger partial charge in [-0.25, -0.2) is 9.37 Å². The molecule has 6 nitrogen and oxygen atoms in total. The van der Waals surface area contributed by atoms with Gasteiger partial charge in [0, 0.05) is 13.0 Å². The summed E-state index contributed by atoms with van der Waals surface area (Å²) in [5.74, 6) is -0.528. The Kier molecular flexibility index (Phi) is 6.43. The fraction of sp³-hybridized carbons (Fsp3) is 0.211. The molecule has 0 aliphatic heterocycles. The van der Waals surface area contributed by atoms with Crippen molar-refractivity contribution in [1.82, 2.24) is 10.3 Å². The Balaban J connectivity index is 1.52. The summed E-state index contributed by atoms with van der Waals surface area (Å²) < 4.78 is 19.4. The highest BCUT2D eigenvalue weighted by atomic mass is 35.5. The lowest BCUT2D eigenvalue weighted by Crippen LogP contribution is -2.27. The number of halogens is 2. The fourth-order valence-electron chi connectivity index (χ4n) is 2.46. The number of nitrogens with zero attached hydrogens (tertiary/aromatic N) is 1. The number of benzene rings is 2. The lowest BCUT2D eigenvalue weighted by Gasteiger charge is -2.06. The van der Waals surface area contributed by atoms with E-state index >= 15 is 0 Å². The Labute approximate surface area is 169 Å². The molecule has 3 rings (SSSR count). The second-order valence-corrected chi connectivity index (χ2v) is 7.20. The van der Waals surface area contributed by atoms with Gasteiger partial charge < -0.3 is 15.4 Å². The first-order valence-corrected chi connectivity index (χ1v) is 9.72. The van der Waals surface area contributed by atoms with Crippen LogP contribution in [0.25, 0.3) is 10.2 Å². The average molecular weight is 422 g/mol. The first-order valence-electron chi connectivity index (χ1n) is 8.52. The van der Waals surface area contributed by atoms with E-state index in [4.69, 9.17) is 16.3 Å². The molecule has 0 fully saturated rings. The van der Waals surface area contributed by atoms with Crippen LogP contribution in [0, 0.1) is 5.82 Å². The minimum atomic E-state index is -0.523. The number of carbonyl (C=O) groups is 2. The smallest absolute Gasteiger partial charge is 0.252 e. The second-order valence-electron chi connectivity index (χ2n) is 5.76. The van der Waals surface area contributed by atoms with Crippen molar-refractivity contribution in [1.29, 1.82) is 0 Å². The topological polar surface area (TPSA) is 80.3 Å². The van der Waals surface area contributed by atoms with E-state index in [9.17, 15) is 14.0 Å². The van der Waals surface area contributed by atoms with Crippen LogP contribution in [0.15, 0.2) is 36.4 Å². The Bertz CT molecular complexity index is 1020. The Morgan fingerprint density at radius 2 is 2.07 bits per heavy atom. The minimum absolute atomic E-state index is 0.0165. The average Bonchev–Trinajstić information content (AvgIpc) is 3.03. The Morgan fingerprint density at radius 1 is 1.25 bits per heavy atom. The summed E-state index contributed by atoms with van der Waals surface area (Å²) in [6.45, 7) is 2.59. The van der Waals surface area contributed by atoms with E-state index in [1.165, 1.54) is 17.4 Å². The number of carbonyl (C=O) groups excluding carboxylic acids is 2. The minimum Gasteiger partial charge on any atom is -0.494 e. The third-order valence-electron chi connectivity index (χ3n) is 3.73. The van der Waals surface area contributed by atoms with Crippen LogP contribution in [0.4, 0.5) is 9.52 Å². The summed E-state index contributed by atoms with van der Waals surface area (Å²) in [4.78, 5) is 28.5. The van der Waals surface area contributed by atoms with E-state index in [-0.39, 0.29) is 29.5 Å². The molecule has 0 aliphatic rings. The van der Waals surface area contributed by atoms with Crippen LogP contribution in [0.1, 0.15) is 23.7 Å². The molecule has 9 heteroatoms. The van der Waals surface area contributed by atoms with Gasteiger partial charge in [-0.2, -0.15) is 0 Å². The van der Waals surface area contributed by atoms with Crippen molar-refractivity contribution < 1.29 is 18.7 Å². The quantitative estimate of drug-likeness (QED) is 0.597. The molecule has 28 heavy (non-hydrogen) atoms. The molecule has 0 saturated carbocycles. The first kappa shape index (κ1) is 20.0. The summed E-state index contributed by atoms with van der Waals surface area (Å²) in [5, 5.41) is 5.79. The van der Waals surface area contributed by atoms with Crippen LogP contribution in [0.2, 0.25) is 5.02 Å². The fourth-order valence-corrected chi connectivity index (χ4v) is 3.62. The number of aromatic nitrogens is 1. The molecule has 0 spiro atoms. The molecular weight excluding hydrogens is 405 g/mol. The summed E-state index contributed by atoms with van der Waals surface area (Å²) >= 11 is 7.19. The van der Waals surface area contributed by atoms with E-state index in [0.29, 0.717) is 11.7 Å². The number of thiazole rings is 1. The summed E-state index contributed by atoms with van der Waals surface area (Å²) in [6, 6.07) is 9.04. The number of rotatable bonds is 7. The maximum Gasteiger partial charge on any atom is 0.252 e. The van der Waals surface area contributed by atoms with Crippen LogP contribution in [-0.4, -0.2) is 29.9 Å². The van der Waals surface area contributed by atoms with E-state index in [1.807, 2.05) is 25.1 Å². The predicted octanol–water partition coefficient (Wildman–Crippen LogP) is 4.25. The Morgan fingerprint density at radius 3 is 2.82 bits per heavy atom. The third-order valence-corrected chi connectivity index (χ3v) is 4.98. The zero-order valence-electron chi connectivity index (χ0n) is 14.9. The van der Waals surface area contributed by atoms with Gasteiger partial charge in [-0.15, -0.1) is 0 Å². The van der Waals surface area contributed by atoms with Gasteiger partial charge in [-0.05, 0) is 43.3 Å². The molecule has 3 aromatic rings. The van der Waals surface area contributed by atoms with Gasteiger partial charge in [-0.1, -0.05) is 22.9 Å². The summed E-state index contributed by atoms with van der Waals surface area (Å²) in [6.07, 6.45) is 0.0602. The highest BCUT2D eigenvalue weighted by molar-refractivity contribution is 7.22. The number of hydrogen-bond acceptors (Lipinski definition) is 5. The van der Waals surface area contributed by atoms with Crippen LogP contribution >= 0.6 is 22.9 Å². The number of amides is 2. The maximum atomic E-state index is 13.0. The van der Waals surface area contributed by atoms with Crippen molar-refractivity contribution >= 4 is 50.1 Å². The van der Waals surface area contributed by atoms with Gasteiger partial charge in [-0.3, -0.25) is 9.59 Å². The maximum absolute atomic E-state index is 13.0. The van der Waals surface area contributed by atoms with E-state index in [2.05, 4.69) is 15.6 Å². The normalized spacial score (nSPS) is 10.7. The summed E-state index contributed by atoms with van der Waals surface area (Å²) in [5.41, 5.74) is 0.919. The van der Waals surface area contributed by atoms with Crippen LogP contribution in [0.5, 0.6) is 5.75 Å². The number of fused-ring (bicyclic) bond motifs is 1. The van der Waals surface area contributed by atoms with Gasteiger partial charge in [0.2, 0.25) is 5.91 Å². The summed E-state index contributed by atoms with van der Waals surface area (Å²) in [7, 11) is 0. The van der Waals surface area contributed by atoms with Crippen LogP contribution < -0.4 is 15.4 Å². The van der Waals surface area contributed by atoms with Crippen LogP contribution in [0.3, 0.4) is 0 Å². The van der Waals surface area contributed by atoms with Gasteiger partial charge in [0.1, 0.15) is 11.6 Å². The van der Waals surface area contributed by atoms with Gasteiger partial charge >= 0.3 is 0 Å². The van der Waals surface area contributed by atoms with Gasteiger partial charge in [0.15, 0.2) is 5.13 Å². The van der Waals surface area contributed by atoms with E-state index < -0.39 is 11.7 Å². The zero-order chi connectivity index (χ0) is 20.1. The van der Waals surface area contributed by atoms with Crippen molar-refractivity contribution in [3.05, 3.63) is 52.8 Å². The molecule has 1 aromatic heterocycles. The molecule has 146 valence electrons. The zero-order valence-corrected chi connectivity index (χ0v) is 16.5. The number of nitrogens with one attached hydrogen (secondary N) is 2. The largest absolute Gasteiger partial charge is 0.494 e. The second kappa shape index (κ2) is 8.99. The van der Waals surface area contributed by atoms with E-state index in [0.717, 1.165) is 28.1 Å². The molecule has 0 atom stereocenters. The van der Waals surface area contributed by atoms with E-state index in [1.54, 1.807) is 0 Å². The molecule has 0 bridgehead atoms. The molecule has 0 saturated heterocycles. The van der Waals surface area contributed by atoms with Gasteiger partial charge in [0.05, 0.1) is 27.4 Å².